The van der Waals surface area contributed by atoms with Gasteiger partial charge in [-0.15, -0.1) is 0 Å². The van der Waals surface area contributed by atoms with Gasteiger partial charge in [0.05, 0.1) is 12.7 Å². The molecule has 109 valence electrons. The fourth-order valence-corrected chi connectivity index (χ4v) is 2.04. The molecule has 11 heteroatoms. The number of hydrogen-bond acceptors (Lipinski definition) is 8. The van der Waals surface area contributed by atoms with Gasteiger partial charge in [0, 0.05) is 0 Å². The van der Waals surface area contributed by atoms with Gasteiger partial charge in [0.1, 0.15) is 16.9 Å². The number of nitrogens with one attached hydrogen (secondary N) is 3. The third kappa shape index (κ3) is 1.91. The number of aryl methyl sites for hydroxylation is 1. The summed E-state index contributed by atoms with van der Waals surface area (Å²) in [6.07, 6.45) is 3.04. The summed E-state index contributed by atoms with van der Waals surface area (Å²) in [5.41, 5.74) is 14.9. The predicted molar refractivity (Wildman–Crippen MR) is 77.9 cm³/mol. The van der Waals surface area contributed by atoms with Crippen LogP contribution < -0.4 is 16.6 Å². The zero-order valence-corrected chi connectivity index (χ0v) is 11.4. The number of imidazole rings is 2. The van der Waals surface area contributed by atoms with Gasteiger partial charge in [0.15, 0.2) is 17.1 Å². The number of hydrogen-bond donors (Lipinski definition) is 4. The highest BCUT2D eigenvalue weighted by Gasteiger charge is 2.12. The number of nitrogens with zero attached hydrogens (tertiary/aromatic N) is 7. The van der Waals surface area contributed by atoms with Gasteiger partial charge in [0.2, 0.25) is 11.8 Å². The van der Waals surface area contributed by atoms with Crippen LogP contribution in [0, 0.1) is 6.92 Å². The van der Waals surface area contributed by atoms with Crippen molar-refractivity contribution in [1.29, 1.82) is 0 Å². The molecule has 0 fully saturated rings. The van der Waals surface area contributed by atoms with Gasteiger partial charge in [-0.1, -0.05) is 0 Å². The van der Waals surface area contributed by atoms with Crippen molar-refractivity contribution in [2.75, 3.05) is 11.2 Å². The van der Waals surface area contributed by atoms with Crippen molar-refractivity contribution in [3.63, 3.8) is 0 Å². The van der Waals surface area contributed by atoms with E-state index in [1.54, 1.807) is 6.92 Å². The average Bonchev–Trinajstić information content (AvgIpc) is 3.12. The van der Waals surface area contributed by atoms with E-state index in [1.807, 2.05) is 0 Å². The number of nitrogen functional groups attached to an aromatic ring is 1. The van der Waals surface area contributed by atoms with Crippen molar-refractivity contribution in [2.24, 2.45) is 0 Å². The minimum atomic E-state index is 0.0999. The monoisotopic (exact) mass is 296 g/mol. The molecule has 4 rings (SSSR count). The Morgan fingerprint density at radius 1 is 1.00 bits per heavy atom. The van der Waals surface area contributed by atoms with E-state index in [-0.39, 0.29) is 5.95 Å². The summed E-state index contributed by atoms with van der Waals surface area (Å²) in [6, 6.07) is 0. The third-order valence-corrected chi connectivity index (χ3v) is 2.95. The van der Waals surface area contributed by atoms with E-state index in [1.165, 1.54) is 12.7 Å². The first kappa shape index (κ1) is 12.3. The van der Waals surface area contributed by atoms with Crippen LogP contribution in [0.2, 0.25) is 0 Å². The number of H-pyrrole nitrogens is 2. The van der Waals surface area contributed by atoms with Crippen LogP contribution in [0.4, 0.5) is 17.6 Å². The first-order valence-corrected chi connectivity index (χ1v) is 6.32. The van der Waals surface area contributed by atoms with Crippen LogP contribution in [0.25, 0.3) is 22.3 Å². The van der Waals surface area contributed by atoms with Crippen molar-refractivity contribution in [2.45, 2.75) is 6.92 Å². The molecule has 0 aliphatic carbocycles. The number of aromatic amines is 2. The molecule has 0 bridgehead atoms. The molecule has 4 aromatic rings. The van der Waals surface area contributed by atoms with E-state index >= 15 is 0 Å². The highest BCUT2D eigenvalue weighted by molar-refractivity contribution is 5.84. The maximum absolute atomic E-state index is 5.65. The zero-order valence-electron chi connectivity index (χ0n) is 11.4. The number of nitrogens with two attached hydrogens (primary N) is 1. The minimum absolute atomic E-state index is 0.0999. The largest absolute Gasteiger partial charge is 0.368 e. The first-order chi connectivity index (χ1) is 10.7. The standard InChI is InChI=1S/C11H10N11/c1-4-17-7-5(13-2-15-7)9(18-4)21-22-10-6-8(16-3-14-6)19-11(12)20-10/h2-3H,1H3,(H,13,15,17,18)(H4,12,14,16,19,20,22). The van der Waals surface area contributed by atoms with Gasteiger partial charge >= 0.3 is 0 Å². The van der Waals surface area contributed by atoms with Crippen molar-refractivity contribution in [3.05, 3.63) is 18.5 Å². The molecule has 4 aromatic heterocycles. The Morgan fingerprint density at radius 2 is 1.73 bits per heavy atom. The second kappa shape index (κ2) is 4.51. The van der Waals surface area contributed by atoms with Gasteiger partial charge in [-0.05, 0) is 6.92 Å². The molecule has 11 nitrogen and oxygen atoms in total. The highest BCUT2D eigenvalue weighted by Crippen LogP contribution is 2.20. The molecule has 5 N–H and O–H groups in total. The maximum Gasteiger partial charge on any atom is 0.224 e. The van der Waals surface area contributed by atoms with Crippen molar-refractivity contribution in [3.8, 4) is 0 Å². The van der Waals surface area contributed by atoms with Crippen molar-refractivity contribution in [1.82, 2.24) is 45.3 Å². The second-order valence-corrected chi connectivity index (χ2v) is 4.45. The summed E-state index contributed by atoms with van der Waals surface area (Å²) < 4.78 is 0. The van der Waals surface area contributed by atoms with Crippen LogP contribution in [0.3, 0.4) is 0 Å². The Bertz CT molecular complexity index is 889. The fraction of sp³-hybridized carbons (Fsp3) is 0.0909. The molecule has 0 aliphatic rings. The number of fused-ring (bicyclic) bond motifs is 2. The molecule has 4 heterocycles. The van der Waals surface area contributed by atoms with E-state index in [9.17, 15) is 0 Å². The molecule has 0 saturated carbocycles. The topological polar surface area (TPSA) is 161 Å². The quantitative estimate of drug-likeness (QED) is 0.389. The molecular formula is C11H10N11. The molecule has 0 unspecified atom stereocenters. The molecule has 0 aliphatic heterocycles. The van der Waals surface area contributed by atoms with Gasteiger partial charge in [-0.3, -0.25) is 5.43 Å². The summed E-state index contributed by atoms with van der Waals surface area (Å²) in [5.74, 6) is 1.49. The summed E-state index contributed by atoms with van der Waals surface area (Å²) in [5, 5.41) is 0. The number of aromatic nitrogens is 8. The maximum atomic E-state index is 5.65. The molecule has 1 radical (unpaired) electrons. The van der Waals surface area contributed by atoms with Gasteiger partial charge < -0.3 is 15.7 Å². The Hall–Kier alpha value is -3.50. The van der Waals surface area contributed by atoms with Crippen LogP contribution in [-0.4, -0.2) is 39.9 Å². The molecule has 0 aromatic carbocycles. The Labute approximate surface area is 122 Å². The van der Waals surface area contributed by atoms with E-state index in [0.717, 1.165) is 0 Å². The number of rotatable bonds is 3. The summed E-state index contributed by atoms with van der Waals surface area (Å²) >= 11 is 0. The molecule has 0 spiro atoms. The lowest BCUT2D eigenvalue weighted by molar-refractivity contribution is 0.950. The average molecular weight is 296 g/mol. The normalized spacial score (nSPS) is 11.1. The minimum Gasteiger partial charge on any atom is -0.368 e. The summed E-state index contributed by atoms with van der Waals surface area (Å²) in [6.45, 7) is 1.77. The van der Waals surface area contributed by atoms with Gasteiger partial charge in [-0.25, -0.2) is 19.9 Å². The molecule has 0 amide bonds. The lowest BCUT2D eigenvalue weighted by Gasteiger charge is -2.07. The van der Waals surface area contributed by atoms with Gasteiger partial charge in [-0.2, -0.15) is 15.4 Å². The molecule has 0 atom stereocenters. The first-order valence-electron chi connectivity index (χ1n) is 6.32. The Morgan fingerprint density at radius 3 is 2.55 bits per heavy atom. The summed E-state index contributed by atoms with van der Waals surface area (Å²) in [7, 11) is 0. The van der Waals surface area contributed by atoms with Crippen molar-refractivity contribution >= 4 is 39.9 Å². The SMILES string of the molecule is Cc1nc([N]Nc2nc(N)nc3nc[nH]c23)c2[nH]cnc2n1. The molecule has 22 heavy (non-hydrogen) atoms. The van der Waals surface area contributed by atoms with Crippen LogP contribution in [0.15, 0.2) is 12.7 Å². The molecule has 0 saturated heterocycles. The van der Waals surface area contributed by atoms with E-state index in [4.69, 9.17) is 5.73 Å². The zero-order chi connectivity index (χ0) is 15.1. The lowest BCUT2D eigenvalue weighted by Crippen LogP contribution is -2.13. The summed E-state index contributed by atoms with van der Waals surface area (Å²) in [4.78, 5) is 30.6. The smallest absolute Gasteiger partial charge is 0.224 e. The van der Waals surface area contributed by atoms with Crippen LogP contribution in [0.5, 0.6) is 0 Å². The highest BCUT2D eigenvalue weighted by atomic mass is 15.4. The Kier molecular flexibility index (Phi) is 2.51. The van der Waals surface area contributed by atoms with E-state index in [2.05, 4.69) is 50.7 Å². The van der Waals surface area contributed by atoms with Gasteiger partial charge in [0.25, 0.3) is 0 Å². The van der Waals surface area contributed by atoms with Crippen LogP contribution in [0.1, 0.15) is 5.82 Å². The number of anilines is 2. The lowest BCUT2D eigenvalue weighted by atomic mass is 10.4. The molecular weight excluding hydrogens is 286 g/mol. The van der Waals surface area contributed by atoms with Crippen LogP contribution >= 0.6 is 0 Å². The second-order valence-electron chi connectivity index (χ2n) is 4.45. The Balaban J connectivity index is 1.71. The predicted octanol–water partition coefficient (Wildman–Crippen LogP) is 0.173. The van der Waals surface area contributed by atoms with Crippen molar-refractivity contribution < 1.29 is 0 Å². The van der Waals surface area contributed by atoms with E-state index < -0.39 is 0 Å². The third-order valence-electron chi connectivity index (χ3n) is 2.95. The van der Waals surface area contributed by atoms with E-state index in [0.29, 0.717) is 39.8 Å². The van der Waals surface area contributed by atoms with Crippen LogP contribution in [-0.2, 0) is 0 Å². The fourth-order valence-electron chi connectivity index (χ4n) is 2.04.